The summed E-state index contributed by atoms with van der Waals surface area (Å²) in [5, 5.41) is 2.92. The van der Waals surface area contributed by atoms with Gasteiger partial charge in [0.15, 0.2) is 0 Å². The zero-order valence-corrected chi connectivity index (χ0v) is 10.4. The molecule has 0 aromatic heterocycles. The molecule has 1 atom stereocenters. The van der Waals surface area contributed by atoms with E-state index < -0.39 is 0 Å². The molecule has 0 spiro atoms. The Bertz CT molecular complexity index is 401. The molecule has 0 saturated heterocycles. The summed E-state index contributed by atoms with van der Waals surface area (Å²) in [5.41, 5.74) is 2.60. The fraction of sp³-hybridized carbons (Fsp3) is 0.500. The second-order valence-electron chi connectivity index (χ2n) is 4.81. The van der Waals surface area contributed by atoms with Gasteiger partial charge in [0.1, 0.15) is 0 Å². The van der Waals surface area contributed by atoms with Crippen LogP contribution in [0, 0.1) is 5.92 Å². The summed E-state index contributed by atoms with van der Waals surface area (Å²) in [4.78, 5) is 11.5. The molecule has 2 rings (SSSR count). The van der Waals surface area contributed by atoms with E-state index in [1.54, 1.807) is 0 Å². The van der Waals surface area contributed by atoms with Crippen LogP contribution in [0.1, 0.15) is 25.0 Å². The zero-order valence-electron chi connectivity index (χ0n) is 10.4. The Labute approximate surface area is 102 Å². The maximum atomic E-state index is 11.5. The molecule has 1 N–H and O–H groups in total. The standard InChI is InChI=1S/C14H19NO2/c1-10(2)14(16)15-8-13-7-11-5-3-4-6-12(11)9-17-13/h3-6,10,13H,7-9H2,1-2H3,(H,15,16). The smallest absolute Gasteiger partial charge is 0.222 e. The third-order valence-electron chi connectivity index (χ3n) is 3.07. The van der Waals surface area contributed by atoms with Crippen LogP contribution in [0.2, 0.25) is 0 Å². The van der Waals surface area contributed by atoms with Crippen LogP contribution in [0.3, 0.4) is 0 Å². The van der Waals surface area contributed by atoms with Crippen molar-refractivity contribution in [3.63, 3.8) is 0 Å². The van der Waals surface area contributed by atoms with Crippen molar-refractivity contribution in [1.29, 1.82) is 0 Å². The average molecular weight is 233 g/mol. The summed E-state index contributed by atoms with van der Waals surface area (Å²) >= 11 is 0. The lowest BCUT2D eigenvalue weighted by Gasteiger charge is -2.25. The highest BCUT2D eigenvalue weighted by Crippen LogP contribution is 2.19. The summed E-state index contributed by atoms with van der Waals surface area (Å²) in [6.45, 7) is 5.04. The van der Waals surface area contributed by atoms with Gasteiger partial charge in [-0.15, -0.1) is 0 Å². The Morgan fingerprint density at radius 1 is 1.41 bits per heavy atom. The van der Waals surface area contributed by atoms with Crippen LogP contribution in [-0.4, -0.2) is 18.6 Å². The number of fused-ring (bicyclic) bond motifs is 1. The lowest BCUT2D eigenvalue weighted by Crippen LogP contribution is -2.38. The van der Waals surface area contributed by atoms with Crippen molar-refractivity contribution >= 4 is 5.91 Å². The summed E-state index contributed by atoms with van der Waals surface area (Å²) in [7, 11) is 0. The van der Waals surface area contributed by atoms with Crippen LogP contribution in [0.5, 0.6) is 0 Å². The van der Waals surface area contributed by atoms with Gasteiger partial charge < -0.3 is 10.1 Å². The predicted octanol–water partition coefficient (Wildman–Crippen LogP) is 1.90. The molecular formula is C14H19NO2. The van der Waals surface area contributed by atoms with Gasteiger partial charge in [0.2, 0.25) is 5.91 Å². The highest BCUT2D eigenvalue weighted by molar-refractivity contribution is 5.77. The molecule has 92 valence electrons. The summed E-state index contributed by atoms with van der Waals surface area (Å²) in [5.74, 6) is 0.123. The Morgan fingerprint density at radius 2 is 2.12 bits per heavy atom. The SMILES string of the molecule is CC(C)C(=O)NCC1Cc2ccccc2CO1. The first-order valence-electron chi connectivity index (χ1n) is 6.13. The number of benzene rings is 1. The molecule has 3 heteroatoms. The van der Waals surface area contributed by atoms with Gasteiger partial charge in [-0.05, 0) is 11.1 Å². The Hall–Kier alpha value is -1.35. The second kappa shape index (κ2) is 5.32. The van der Waals surface area contributed by atoms with Gasteiger partial charge in [-0.2, -0.15) is 0 Å². The van der Waals surface area contributed by atoms with E-state index in [2.05, 4.69) is 17.4 Å². The molecule has 1 unspecified atom stereocenters. The molecular weight excluding hydrogens is 214 g/mol. The molecule has 1 aliphatic rings. The molecule has 1 amide bonds. The molecule has 1 heterocycles. The fourth-order valence-electron chi connectivity index (χ4n) is 1.96. The molecule has 1 aliphatic heterocycles. The van der Waals surface area contributed by atoms with E-state index in [-0.39, 0.29) is 17.9 Å². The molecule has 1 aromatic carbocycles. The molecule has 3 nitrogen and oxygen atoms in total. The van der Waals surface area contributed by atoms with E-state index in [0.717, 1.165) is 6.42 Å². The van der Waals surface area contributed by atoms with Crippen molar-refractivity contribution in [2.45, 2.75) is 33.0 Å². The lowest BCUT2D eigenvalue weighted by atomic mass is 9.99. The van der Waals surface area contributed by atoms with Gasteiger partial charge in [0.25, 0.3) is 0 Å². The number of ether oxygens (including phenoxy) is 1. The largest absolute Gasteiger partial charge is 0.371 e. The predicted molar refractivity (Wildman–Crippen MR) is 66.6 cm³/mol. The third-order valence-corrected chi connectivity index (χ3v) is 3.07. The van der Waals surface area contributed by atoms with Gasteiger partial charge in [0.05, 0.1) is 12.7 Å². The minimum atomic E-state index is 0.0332. The molecule has 17 heavy (non-hydrogen) atoms. The van der Waals surface area contributed by atoms with E-state index in [0.29, 0.717) is 13.2 Å². The van der Waals surface area contributed by atoms with Gasteiger partial charge in [0, 0.05) is 18.9 Å². The van der Waals surface area contributed by atoms with E-state index in [4.69, 9.17) is 4.74 Å². The number of nitrogens with one attached hydrogen (secondary N) is 1. The van der Waals surface area contributed by atoms with Crippen LogP contribution < -0.4 is 5.32 Å². The van der Waals surface area contributed by atoms with Crippen LogP contribution in [0.15, 0.2) is 24.3 Å². The van der Waals surface area contributed by atoms with Crippen LogP contribution in [0.4, 0.5) is 0 Å². The first-order valence-corrected chi connectivity index (χ1v) is 6.13. The van der Waals surface area contributed by atoms with E-state index in [9.17, 15) is 4.79 Å². The van der Waals surface area contributed by atoms with E-state index >= 15 is 0 Å². The first kappa shape index (κ1) is 12.1. The fourth-order valence-corrected chi connectivity index (χ4v) is 1.96. The molecule has 1 aromatic rings. The molecule has 0 aliphatic carbocycles. The monoisotopic (exact) mass is 233 g/mol. The van der Waals surface area contributed by atoms with Crippen molar-refractivity contribution in [2.75, 3.05) is 6.54 Å². The maximum Gasteiger partial charge on any atom is 0.222 e. The van der Waals surface area contributed by atoms with E-state index in [1.165, 1.54) is 11.1 Å². The second-order valence-corrected chi connectivity index (χ2v) is 4.81. The Morgan fingerprint density at radius 3 is 2.82 bits per heavy atom. The quantitative estimate of drug-likeness (QED) is 0.866. The molecule has 0 saturated carbocycles. The van der Waals surface area contributed by atoms with Gasteiger partial charge in [-0.1, -0.05) is 38.1 Å². The number of hydrogen-bond donors (Lipinski definition) is 1. The molecule has 0 fully saturated rings. The van der Waals surface area contributed by atoms with Crippen LogP contribution in [-0.2, 0) is 22.6 Å². The minimum absolute atomic E-state index is 0.0332. The minimum Gasteiger partial charge on any atom is -0.371 e. The summed E-state index contributed by atoms with van der Waals surface area (Å²) in [6.07, 6.45) is 0.988. The van der Waals surface area contributed by atoms with E-state index in [1.807, 2.05) is 26.0 Å². The number of carbonyl (C=O) groups excluding carboxylic acids is 1. The van der Waals surface area contributed by atoms with Gasteiger partial charge in [-0.3, -0.25) is 4.79 Å². The lowest BCUT2D eigenvalue weighted by molar-refractivity contribution is -0.124. The van der Waals surface area contributed by atoms with Crippen molar-refractivity contribution in [1.82, 2.24) is 5.32 Å². The van der Waals surface area contributed by atoms with Gasteiger partial charge in [-0.25, -0.2) is 0 Å². The van der Waals surface area contributed by atoms with Crippen LogP contribution >= 0.6 is 0 Å². The Balaban J connectivity index is 1.88. The van der Waals surface area contributed by atoms with Gasteiger partial charge >= 0.3 is 0 Å². The number of carbonyl (C=O) groups is 1. The van der Waals surface area contributed by atoms with Crippen molar-refractivity contribution in [3.8, 4) is 0 Å². The highest BCUT2D eigenvalue weighted by atomic mass is 16.5. The average Bonchev–Trinajstić information content (AvgIpc) is 2.35. The topological polar surface area (TPSA) is 38.3 Å². The number of hydrogen-bond acceptors (Lipinski definition) is 2. The molecule has 0 bridgehead atoms. The summed E-state index contributed by atoms with van der Waals surface area (Å²) in [6, 6.07) is 8.31. The van der Waals surface area contributed by atoms with Crippen molar-refractivity contribution < 1.29 is 9.53 Å². The van der Waals surface area contributed by atoms with Crippen molar-refractivity contribution in [2.24, 2.45) is 5.92 Å². The zero-order chi connectivity index (χ0) is 12.3. The number of amides is 1. The maximum absolute atomic E-state index is 11.5. The Kier molecular flexibility index (Phi) is 3.79. The summed E-state index contributed by atoms with van der Waals surface area (Å²) < 4.78 is 5.72. The first-order chi connectivity index (χ1) is 8.16. The normalized spacial score (nSPS) is 18.9. The third kappa shape index (κ3) is 3.07. The van der Waals surface area contributed by atoms with Crippen molar-refractivity contribution in [3.05, 3.63) is 35.4 Å². The highest BCUT2D eigenvalue weighted by Gasteiger charge is 2.19. The molecule has 0 radical (unpaired) electrons. The number of rotatable bonds is 3. The van der Waals surface area contributed by atoms with Crippen LogP contribution in [0.25, 0.3) is 0 Å².